The van der Waals surface area contributed by atoms with Crippen molar-refractivity contribution in [1.29, 1.82) is 0 Å². The molecule has 1 heterocycles. The predicted octanol–water partition coefficient (Wildman–Crippen LogP) is 1.27. The zero-order chi connectivity index (χ0) is 17.3. The van der Waals surface area contributed by atoms with Crippen molar-refractivity contribution in [2.45, 2.75) is 12.8 Å². The fraction of sp³-hybridized carbons (Fsp3) is 0.562. The van der Waals surface area contributed by atoms with Gasteiger partial charge in [-0.1, -0.05) is 18.2 Å². The summed E-state index contributed by atoms with van der Waals surface area (Å²) in [4.78, 5) is 4.13. The summed E-state index contributed by atoms with van der Waals surface area (Å²) < 4.78 is 30.6. The highest BCUT2D eigenvalue weighted by molar-refractivity contribution is 14.0. The van der Waals surface area contributed by atoms with Crippen LogP contribution in [0.1, 0.15) is 12.8 Å². The summed E-state index contributed by atoms with van der Waals surface area (Å²) in [6, 6.07) is 9.71. The number of halogens is 1. The Hall–Kier alpha value is -1.07. The van der Waals surface area contributed by atoms with Crippen LogP contribution in [0.25, 0.3) is 0 Å². The van der Waals surface area contributed by atoms with Gasteiger partial charge in [0.15, 0.2) is 5.96 Å². The molecular formula is C16H27IN4O3S. The minimum absolute atomic E-state index is 0. The first-order valence-electron chi connectivity index (χ1n) is 8.22. The smallest absolute Gasteiger partial charge is 0.214 e. The maximum absolute atomic E-state index is 11.7. The Morgan fingerprint density at radius 3 is 2.60 bits per heavy atom. The van der Waals surface area contributed by atoms with Gasteiger partial charge in [0.1, 0.15) is 5.75 Å². The van der Waals surface area contributed by atoms with Crippen LogP contribution in [-0.4, -0.2) is 64.3 Å². The summed E-state index contributed by atoms with van der Waals surface area (Å²) in [5.74, 6) is 1.81. The summed E-state index contributed by atoms with van der Waals surface area (Å²) in [6.45, 7) is 2.99. The first kappa shape index (κ1) is 22.0. The van der Waals surface area contributed by atoms with Crippen LogP contribution in [0.15, 0.2) is 35.3 Å². The number of sulfonamides is 1. The lowest BCUT2D eigenvalue weighted by Crippen LogP contribution is -2.42. The lowest BCUT2D eigenvalue weighted by atomic mass is 10.3. The predicted molar refractivity (Wildman–Crippen MR) is 111 cm³/mol. The summed E-state index contributed by atoms with van der Waals surface area (Å²) in [7, 11) is -1.33. The number of hydrogen-bond donors (Lipinski definition) is 2. The Labute approximate surface area is 167 Å². The van der Waals surface area contributed by atoms with E-state index in [1.54, 1.807) is 7.05 Å². The van der Waals surface area contributed by atoms with Crippen molar-refractivity contribution in [2.75, 3.05) is 45.6 Å². The molecule has 0 amide bonds. The molecule has 0 bridgehead atoms. The molecule has 1 fully saturated rings. The van der Waals surface area contributed by atoms with E-state index in [9.17, 15) is 8.42 Å². The molecule has 9 heteroatoms. The highest BCUT2D eigenvalue weighted by atomic mass is 127. The third-order valence-electron chi connectivity index (χ3n) is 3.71. The van der Waals surface area contributed by atoms with Crippen LogP contribution in [0, 0.1) is 0 Å². The molecule has 0 radical (unpaired) electrons. The molecule has 1 aromatic carbocycles. The Balaban J connectivity index is 0.00000312. The lowest BCUT2D eigenvalue weighted by molar-refractivity contribution is 0.311. The number of nitrogens with zero attached hydrogens (tertiary/aromatic N) is 2. The molecule has 0 aromatic heterocycles. The van der Waals surface area contributed by atoms with Crippen LogP contribution < -0.4 is 15.4 Å². The van der Waals surface area contributed by atoms with Crippen LogP contribution in [0.4, 0.5) is 0 Å². The van der Waals surface area contributed by atoms with Gasteiger partial charge in [-0.05, 0) is 25.0 Å². The highest BCUT2D eigenvalue weighted by Crippen LogP contribution is 2.11. The molecule has 1 saturated heterocycles. The van der Waals surface area contributed by atoms with E-state index in [1.165, 1.54) is 4.31 Å². The average molecular weight is 482 g/mol. The van der Waals surface area contributed by atoms with Crippen molar-refractivity contribution in [3.05, 3.63) is 30.3 Å². The Kier molecular flexibility index (Phi) is 10.1. The molecule has 2 N–H and O–H groups in total. The second-order valence-corrected chi connectivity index (χ2v) is 7.60. The van der Waals surface area contributed by atoms with Gasteiger partial charge in [0.2, 0.25) is 10.0 Å². The number of para-hydroxylation sites is 1. The van der Waals surface area contributed by atoms with E-state index < -0.39 is 10.0 Å². The topological polar surface area (TPSA) is 83.0 Å². The van der Waals surface area contributed by atoms with E-state index >= 15 is 0 Å². The molecule has 0 spiro atoms. The van der Waals surface area contributed by atoms with Gasteiger partial charge in [-0.15, -0.1) is 24.0 Å². The lowest BCUT2D eigenvalue weighted by Gasteiger charge is -2.16. The van der Waals surface area contributed by atoms with Crippen LogP contribution in [-0.2, 0) is 10.0 Å². The second-order valence-electron chi connectivity index (χ2n) is 5.51. The molecule has 1 aliphatic rings. The van der Waals surface area contributed by atoms with Crippen molar-refractivity contribution in [1.82, 2.24) is 14.9 Å². The van der Waals surface area contributed by atoms with E-state index in [0.717, 1.165) is 25.1 Å². The number of nitrogens with one attached hydrogen (secondary N) is 2. The molecule has 25 heavy (non-hydrogen) atoms. The number of ether oxygens (including phenoxy) is 1. The monoisotopic (exact) mass is 482 g/mol. The van der Waals surface area contributed by atoms with Gasteiger partial charge < -0.3 is 15.4 Å². The standard InChI is InChI=1S/C16H26N4O3S.HI/c1-17-16(19-10-12-20-11-6-14-24(20,21)22)18-9-5-13-23-15-7-3-2-4-8-15;/h2-4,7-8H,5-6,9-14H2,1H3,(H2,17,18,19);1H. The average Bonchev–Trinajstić information content (AvgIpc) is 2.92. The fourth-order valence-corrected chi connectivity index (χ4v) is 3.98. The van der Waals surface area contributed by atoms with E-state index in [0.29, 0.717) is 32.2 Å². The molecule has 1 aliphatic heterocycles. The van der Waals surface area contributed by atoms with Crippen molar-refractivity contribution in [2.24, 2.45) is 4.99 Å². The Morgan fingerprint density at radius 2 is 1.96 bits per heavy atom. The quantitative estimate of drug-likeness (QED) is 0.253. The third kappa shape index (κ3) is 7.78. The summed E-state index contributed by atoms with van der Waals surface area (Å²) in [5, 5.41) is 6.33. The van der Waals surface area contributed by atoms with Gasteiger partial charge in [-0.2, -0.15) is 0 Å². The van der Waals surface area contributed by atoms with Gasteiger partial charge >= 0.3 is 0 Å². The Bertz CT molecular complexity index is 626. The summed E-state index contributed by atoms with van der Waals surface area (Å²) >= 11 is 0. The van der Waals surface area contributed by atoms with Gasteiger partial charge in [-0.25, -0.2) is 12.7 Å². The molecule has 7 nitrogen and oxygen atoms in total. The first-order chi connectivity index (χ1) is 11.6. The van der Waals surface area contributed by atoms with Crippen molar-refractivity contribution in [3.8, 4) is 5.75 Å². The van der Waals surface area contributed by atoms with Gasteiger partial charge in [0, 0.05) is 33.2 Å². The SMILES string of the molecule is CN=C(NCCCOc1ccccc1)NCCN1CCCS1(=O)=O.I. The highest BCUT2D eigenvalue weighted by Gasteiger charge is 2.27. The Morgan fingerprint density at radius 1 is 1.24 bits per heavy atom. The van der Waals surface area contributed by atoms with Crippen LogP contribution in [0.2, 0.25) is 0 Å². The molecule has 2 rings (SSSR count). The van der Waals surface area contributed by atoms with Crippen molar-refractivity contribution < 1.29 is 13.2 Å². The molecule has 0 atom stereocenters. The van der Waals surface area contributed by atoms with Crippen LogP contribution in [0.5, 0.6) is 5.75 Å². The van der Waals surface area contributed by atoms with E-state index in [2.05, 4.69) is 15.6 Å². The number of guanidine groups is 1. The van der Waals surface area contributed by atoms with E-state index in [4.69, 9.17) is 4.74 Å². The first-order valence-corrected chi connectivity index (χ1v) is 9.83. The summed E-state index contributed by atoms with van der Waals surface area (Å²) in [6.07, 6.45) is 1.56. The molecule has 142 valence electrons. The van der Waals surface area contributed by atoms with Crippen molar-refractivity contribution >= 4 is 40.0 Å². The van der Waals surface area contributed by atoms with E-state index in [-0.39, 0.29) is 29.7 Å². The summed E-state index contributed by atoms with van der Waals surface area (Å²) in [5.41, 5.74) is 0. The van der Waals surface area contributed by atoms with E-state index in [1.807, 2.05) is 30.3 Å². The fourth-order valence-electron chi connectivity index (χ4n) is 2.45. The minimum atomic E-state index is -3.03. The maximum Gasteiger partial charge on any atom is 0.214 e. The van der Waals surface area contributed by atoms with Gasteiger partial charge in [0.05, 0.1) is 12.4 Å². The second kappa shape index (κ2) is 11.5. The molecule has 0 unspecified atom stereocenters. The largest absolute Gasteiger partial charge is 0.494 e. The molecule has 0 aliphatic carbocycles. The molecule has 1 aromatic rings. The van der Waals surface area contributed by atoms with Crippen LogP contribution in [0.3, 0.4) is 0 Å². The maximum atomic E-state index is 11.7. The number of aliphatic imine (C=N–C) groups is 1. The van der Waals surface area contributed by atoms with Gasteiger partial charge in [0.25, 0.3) is 0 Å². The van der Waals surface area contributed by atoms with Crippen molar-refractivity contribution in [3.63, 3.8) is 0 Å². The molecule has 0 saturated carbocycles. The zero-order valence-corrected chi connectivity index (χ0v) is 17.6. The normalized spacial score (nSPS) is 16.9. The number of hydrogen-bond acceptors (Lipinski definition) is 4. The number of benzene rings is 1. The van der Waals surface area contributed by atoms with Gasteiger partial charge in [-0.3, -0.25) is 4.99 Å². The molecular weight excluding hydrogens is 455 g/mol. The van der Waals surface area contributed by atoms with Crippen LogP contribution >= 0.6 is 24.0 Å². The number of rotatable bonds is 8. The zero-order valence-electron chi connectivity index (χ0n) is 14.5. The minimum Gasteiger partial charge on any atom is -0.494 e. The third-order valence-corrected chi connectivity index (χ3v) is 5.66.